The number of carbonyl (C=O) groups is 1. The van der Waals surface area contributed by atoms with E-state index in [1.807, 2.05) is 60.8 Å². The summed E-state index contributed by atoms with van der Waals surface area (Å²) in [5.41, 5.74) is 2.19. The third-order valence-corrected chi connectivity index (χ3v) is 4.26. The quantitative estimate of drug-likeness (QED) is 0.809. The van der Waals surface area contributed by atoms with Crippen LogP contribution in [0.15, 0.2) is 48.5 Å². The lowest BCUT2D eigenvalue weighted by atomic mass is 10.1. The molecule has 0 spiro atoms. The maximum atomic E-state index is 12.3. The van der Waals surface area contributed by atoms with Crippen molar-refractivity contribution in [1.82, 2.24) is 5.32 Å². The normalized spacial score (nSPS) is 13.2. The molecule has 0 aliphatic carbocycles. The highest BCUT2D eigenvalue weighted by molar-refractivity contribution is 6.30. The molecule has 2 rings (SSSR count). The number of hydrogen-bond donors (Lipinski definition) is 2. The highest BCUT2D eigenvalue weighted by Gasteiger charge is 2.19. The molecule has 0 aliphatic rings. The molecule has 0 radical (unpaired) electrons. The number of carbonyl (C=O) groups excluding carboxylic acids is 1. The van der Waals surface area contributed by atoms with E-state index in [4.69, 9.17) is 16.3 Å². The summed E-state index contributed by atoms with van der Waals surface area (Å²) >= 11 is 5.91. The van der Waals surface area contributed by atoms with Gasteiger partial charge in [0.1, 0.15) is 11.8 Å². The monoisotopic (exact) mass is 347 g/mol. The van der Waals surface area contributed by atoms with Crippen molar-refractivity contribution in [3.63, 3.8) is 0 Å². The lowest BCUT2D eigenvalue weighted by molar-refractivity contribution is -0.710. The Hall–Kier alpha value is -2.04. The first-order chi connectivity index (χ1) is 11.5. The van der Waals surface area contributed by atoms with E-state index in [1.54, 1.807) is 7.11 Å². The fraction of sp³-hybridized carbons (Fsp3) is 0.316. The van der Waals surface area contributed by atoms with Crippen LogP contribution in [-0.4, -0.2) is 19.1 Å². The molecule has 0 heterocycles. The Bertz CT molecular complexity index is 656. The van der Waals surface area contributed by atoms with E-state index in [0.29, 0.717) is 6.54 Å². The molecular weight excluding hydrogens is 324 g/mol. The molecule has 0 aliphatic heterocycles. The lowest BCUT2D eigenvalue weighted by Gasteiger charge is -2.17. The van der Waals surface area contributed by atoms with Crippen LogP contribution in [0.1, 0.15) is 31.0 Å². The van der Waals surface area contributed by atoms with Crippen molar-refractivity contribution in [2.45, 2.75) is 32.5 Å². The first kappa shape index (κ1) is 18.3. The van der Waals surface area contributed by atoms with Gasteiger partial charge in [0.2, 0.25) is 0 Å². The number of amides is 1. The van der Waals surface area contributed by atoms with Crippen molar-refractivity contribution in [3.05, 3.63) is 64.7 Å². The molecule has 0 saturated heterocycles. The Morgan fingerprint density at radius 2 is 1.75 bits per heavy atom. The zero-order chi connectivity index (χ0) is 17.5. The number of halogens is 1. The first-order valence-electron chi connectivity index (χ1n) is 8.00. The number of hydrogen-bond acceptors (Lipinski definition) is 2. The predicted octanol–water partition coefficient (Wildman–Crippen LogP) is 2.68. The van der Waals surface area contributed by atoms with E-state index in [9.17, 15) is 4.79 Å². The van der Waals surface area contributed by atoms with Gasteiger partial charge >= 0.3 is 0 Å². The molecule has 0 bridgehead atoms. The van der Waals surface area contributed by atoms with Crippen LogP contribution in [0.4, 0.5) is 0 Å². The summed E-state index contributed by atoms with van der Waals surface area (Å²) < 4.78 is 5.13. The maximum Gasteiger partial charge on any atom is 0.278 e. The van der Waals surface area contributed by atoms with Crippen LogP contribution < -0.4 is 15.4 Å². The molecule has 5 heteroatoms. The molecule has 2 aromatic rings. The van der Waals surface area contributed by atoms with E-state index >= 15 is 0 Å². The average Bonchev–Trinajstić information content (AvgIpc) is 2.60. The van der Waals surface area contributed by atoms with Crippen molar-refractivity contribution >= 4 is 17.5 Å². The van der Waals surface area contributed by atoms with Crippen LogP contribution in [0.2, 0.25) is 5.02 Å². The number of rotatable bonds is 7. The maximum absolute atomic E-state index is 12.3. The number of nitrogens with one attached hydrogen (secondary N) is 1. The summed E-state index contributed by atoms with van der Waals surface area (Å²) in [5, 5.41) is 5.74. The van der Waals surface area contributed by atoms with Gasteiger partial charge in [0.15, 0.2) is 6.04 Å². The number of quaternary nitrogens is 1. The number of nitrogens with two attached hydrogens (primary N) is 1. The van der Waals surface area contributed by atoms with E-state index in [-0.39, 0.29) is 18.0 Å². The smallest absolute Gasteiger partial charge is 0.278 e. The molecule has 3 N–H and O–H groups in total. The minimum Gasteiger partial charge on any atom is -0.497 e. The zero-order valence-electron chi connectivity index (χ0n) is 14.3. The molecule has 0 fully saturated rings. The van der Waals surface area contributed by atoms with Crippen molar-refractivity contribution in [2.75, 3.05) is 7.11 Å². The van der Waals surface area contributed by atoms with Crippen LogP contribution in [0.25, 0.3) is 0 Å². The van der Waals surface area contributed by atoms with Gasteiger partial charge in [-0.2, -0.15) is 0 Å². The van der Waals surface area contributed by atoms with Crippen LogP contribution in [0.5, 0.6) is 5.75 Å². The lowest BCUT2D eigenvalue weighted by Crippen LogP contribution is -2.92. The molecule has 2 aromatic carbocycles. The molecule has 4 nitrogen and oxygen atoms in total. The largest absolute Gasteiger partial charge is 0.497 e. The van der Waals surface area contributed by atoms with Gasteiger partial charge in [0.25, 0.3) is 5.91 Å². The van der Waals surface area contributed by atoms with Gasteiger partial charge in [0.05, 0.1) is 7.11 Å². The van der Waals surface area contributed by atoms with Gasteiger partial charge in [-0.25, -0.2) is 0 Å². The second kappa shape index (κ2) is 8.71. The van der Waals surface area contributed by atoms with Gasteiger partial charge in [-0.1, -0.05) is 35.9 Å². The fourth-order valence-corrected chi connectivity index (χ4v) is 2.62. The van der Waals surface area contributed by atoms with Gasteiger partial charge in [-0.05, 0) is 43.7 Å². The Morgan fingerprint density at radius 3 is 2.33 bits per heavy atom. The van der Waals surface area contributed by atoms with Gasteiger partial charge in [-0.3, -0.25) is 4.79 Å². The minimum absolute atomic E-state index is 0.0200. The first-order valence-corrected chi connectivity index (χ1v) is 8.38. The third kappa shape index (κ3) is 5.25. The molecule has 0 saturated carbocycles. The van der Waals surface area contributed by atoms with Crippen molar-refractivity contribution in [2.24, 2.45) is 0 Å². The van der Waals surface area contributed by atoms with E-state index < -0.39 is 0 Å². The zero-order valence-corrected chi connectivity index (χ0v) is 15.0. The highest BCUT2D eigenvalue weighted by atomic mass is 35.5. The molecule has 0 aromatic heterocycles. The molecule has 24 heavy (non-hydrogen) atoms. The Labute approximate surface area is 148 Å². The summed E-state index contributed by atoms with van der Waals surface area (Å²) in [4.78, 5) is 12.3. The Kier molecular flexibility index (Phi) is 6.64. The van der Waals surface area contributed by atoms with Crippen LogP contribution in [-0.2, 0) is 11.3 Å². The fourth-order valence-electron chi connectivity index (χ4n) is 2.49. The predicted molar refractivity (Wildman–Crippen MR) is 96.1 cm³/mol. The highest BCUT2D eigenvalue weighted by Crippen LogP contribution is 2.13. The van der Waals surface area contributed by atoms with Gasteiger partial charge < -0.3 is 15.4 Å². The van der Waals surface area contributed by atoms with Gasteiger partial charge in [0, 0.05) is 17.1 Å². The molecule has 1 amide bonds. The van der Waals surface area contributed by atoms with E-state index in [2.05, 4.69) is 12.2 Å². The van der Waals surface area contributed by atoms with E-state index in [1.165, 1.54) is 0 Å². The Morgan fingerprint density at radius 1 is 1.12 bits per heavy atom. The number of methoxy groups -OCH3 is 1. The number of benzene rings is 2. The summed E-state index contributed by atoms with van der Waals surface area (Å²) in [7, 11) is 1.64. The standard InChI is InChI=1S/C19H23ClN2O2/c1-13(16-6-8-17(20)9-7-16)22-14(2)19(23)21-12-15-4-10-18(24-3)11-5-15/h4-11,13-14,22H,12H2,1-3H3,(H,21,23)/p+1/t13-,14-/m1/s1. The van der Waals surface area contributed by atoms with Crippen LogP contribution >= 0.6 is 11.6 Å². The topological polar surface area (TPSA) is 54.9 Å². The molecule has 2 atom stereocenters. The summed E-state index contributed by atoms with van der Waals surface area (Å²) in [6, 6.07) is 15.4. The SMILES string of the molecule is COc1ccc(CNC(=O)[C@@H](C)[NH2+][C@H](C)c2ccc(Cl)cc2)cc1. The summed E-state index contributed by atoms with van der Waals surface area (Å²) in [6.45, 7) is 4.50. The second-order valence-electron chi connectivity index (χ2n) is 5.89. The van der Waals surface area contributed by atoms with Crippen LogP contribution in [0, 0.1) is 0 Å². The number of ether oxygens (including phenoxy) is 1. The van der Waals surface area contributed by atoms with Crippen LogP contribution in [0.3, 0.4) is 0 Å². The summed E-state index contributed by atoms with van der Waals surface area (Å²) in [6.07, 6.45) is 0. The summed E-state index contributed by atoms with van der Waals surface area (Å²) in [5.74, 6) is 0.829. The molecular formula is C19H24ClN2O2+. The van der Waals surface area contributed by atoms with Gasteiger partial charge in [-0.15, -0.1) is 0 Å². The third-order valence-electron chi connectivity index (χ3n) is 4.01. The molecule has 0 unspecified atom stereocenters. The van der Waals surface area contributed by atoms with Crippen molar-refractivity contribution in [1.29, 1.82) is 0 Å². The van der Waals surface area contributed by atoms with E-state index in [0.717, 1.165) is 21.9 Å². The van der Waals surface area contributed by atoms with Crippen molar-refractivity contribution < 1.29 is 14.8 Å². The van der Waals surface area contributed by atoms with Crippen molar-refractivity contribution in [3.8, 4) is 5.75 Å². The average molecular weight is 348 g/mol. The Balaban J connectivity index is 1.83. The minimum atomic E-state index is -0.172. The molecule has 128 valence electrons. The second-order valence-corrected chi connectivity index (χ2v) is 6.32.